The number of halogens is 2. The smallest absolute Gasteiger partial charge is 0.338 e. The maximum absolute atomic E-state index is 12.1. The van der Waals surface area contributed by atoms with Gasteiger partial charge >= 0.3 is 5.97 Å². The van der Waals surface area contributed by atoms with Gasteiger partial charge in [0.25, 0.3) is 0 Å². The summed E-state index contributed by atoms with van der Waals surface area (Å²) < 4.78 is 5.39. The van der Waals surface area contributed by atoms with Gasteiger partial charge in [0.15, 0.2) is 0 Å². The normalized spacial score (nSPS) is 11.5. The van der Waals surface area contributed by atoms with Gasteiger partial charge < -0.3 is 4.74 Å². The molecule has 3 nitrogen and oxygen atoms in total. The lowest BCUT2D eigenvalue weighted by Gasteiger charge is -2.16. The highest BCUT2D eigenvalue weighted by molar-refractivity contribution is 6.31. The second-order valence-corrected chi connectivity index (χ2v) is 5.13. The Morgan fingerprint density at radius 2 is 1.81 bits per heavy atom. The number of nitriles is 1. The number of nitrogens with zero attached hydrogens (tertiary/aromatic N) is 1. The van der Waals surface area contributed by atoms with Crippen LogP contribution in [-0.2, 0) is 4.74 Å². The third kappa shape index (κ3) is 3.98. The molecule has 0 aliphatic carbocycles. The van der Waals surface area contributed by atoms with E-state index >= 15 is 0 Å². The number of rotatable bonds is 4. The largest absolute Gasteiger partial charge is 0.453 e. The van der Waals surface area contributed by atoms with Gasteiger partial charge in [-0.2, -0.15) is 5.26 Å². The Kier molecular flexibility index (Phi) is 5.21. The molecule has 0 bridgehead atoms. The van der Waals surface area contributed by atoms with Crippen molar-refractivity contribution in [3.05, 3.63) is 69.7 Å². The first-order valence-electron chi connectivity index (χ1n) is 6.19. The average Bonchev–Trinajstić information content (AvgIpc) is 2.48. The predicted octanol–water partition coefficient (Wildman–Crippen LogP) is 4.81. The van der Waals surface area contributed by atoms with Crippen LogP contribution in [0.4, 0.5) is 0 Å². The third-order valence-corrected chi connectivity index (χ3v) is 3.45. The summed E-state index contributed by atoms with van der Waals surface area (Å²) in [6.45, 7) is 0. The van der Waals surface area contributed by atoms with Gasteiger partial charge in [-0.3, -0.25) is 0 Å². The summed E-state index contributed by atoms with van der Waals surface area (Å²) in [5.41, 5.74) is 0.984. The second kappa shape index (κ2) is 7.12. The lowest BCUT2D eigenvalue weighted by molar-refractivity contribution is 0.0307. The molecule has 0 spiro atoms. The Morgan fingerprint density at radius 3 is 2.43 bits per heavy atom. The third-order valence-electron chi connectivity index (χ3n) is 2.86. The summed E-state index contributed by atoms with van der Waals surface area (Å²) in [6, 6.07) is 15.3. The van der Waals surface area contributed by atoms with Crippen LogP contribution in [0.15, 0.2) is 48.5 Å². The maximum atomic E-state index is 12.1. The van der Waals surface area contributed by atoms with Crippen molar-refractivity contribution in [2.75, 3.05) is 0 Å². The minimum absolute atomic E-state index is 0.0308. The van der Waals surface area contributed by atoms with Crippen molar-refractivity contribution in [3.8, 4) is 6.07 Å². The van der Waals surface area contributed by atoms with Crippen molar-refractivity contribution >= 4 is 29.2 Å². The number of carbonyl (C=O) groups is 1. The SMILES string of the molecule is N#CCC(OC(=O)c1ccc(Cl)cc1)c1ccccc1Cl. The van der Waals surface area contributed by atoms with Crippen LogP contribution in [0.1, 0.15) is 28.4 Å². The molecule has 0 fully saturated rings. The minimum atomic E-state index is -0.702. The van der Waals surface area contributed by atoms with E-state index in [4.69, 9.17) is 33.2 Å². The zero-order valence-electron chi connectivity index (χ0n) is 10.9. The van der Waals surface area contributed by atoms with E-state index in [2.05, 4.69) is 0 Å². The number of esters is 1. The topological polar surface area (TPSA) is 50.1 Å². The summed E-state index contributed by atoms with van der Waals surface area (Å²) in [4.78, 5) is 12.1. The van der Waals surface area contributed by atoms with Gasteiger partial charge in [-0.25, -0.2) is 4.79 Å². The van der Waals surface area contributed by atoms with E-state index in [9.17, 15) is 4.79 Å². The molecule has 0 N–H and O–H groups in total. The van der Waals surface area contributed by atoms with Crippen LogP contribution in [0.25, 0.3) is 0 Å². The zero-order chi connectivity index (χ0) is 15.2. The maximum Gasteiger partial charge on any atom is 0.338 e. The highest BCUT2D eigenvalue weighted by Crippen LogP contribution is 2.28. The Morgan fingerprint density at radius 1 is 1.14 bits per heavy atom. The molecule has 0 saturated heterocycles. The van der Waals surface area contributed by atoms with Crippen molar-refractivity contribution in [3.63, 3.8) is 0 Å². The van der Waals surface area contributed by atoms with Crippen LogP contribution >= 0.6 is 23.2 Å². The van der Waals surface area contributed by atoms with Crippen LogP contribution < -0.4 is 0 Å². The van der Waals surface area contributed by atoms with E-state index in [1.807, 2.05) is 6.07 Å². The number of hydrogen-bond acceptors (Lipinski definition) is 3. The van der Waals surface area contributed by atoms with Crippen LogP contribution in [0.3, 0.4) is 0 Å². The Bertz CT molecular complexity index is 677. The average molecular weight is 320 g/mol. The van der Waals surface area contributed by atoms with E-state index in [1.54, 1.807) is 48.5 Å². The molecule has 2 aromatic rings. The van der Waals surface area contributed by atoms with Gasteiger partial charge in [-0.15, -0.1) is 0 Å². The molecular formula is C16H11Cl2NO2. The fourth-order valence-corrected chi connectivity index (χ4v) is 2.20. The fraction of sp³-hybridized carbons (Fsp3) is 0.125. The predicted molar refractivity (Wildman–Crippen MR) is 81.3 cm³/mol. The van der Waals surface area contributed by atoms with Gasteiger partial charge in [-0.1, -0.05) is 41.4 Å². The summed E-state index contributed by atoms with van der Waals surface area (Å²) >= 11 is 11.9. The molecule has 0 aliphatic rings. The second-order valence-electron chi connectivity index (χ2n) is 4.28. The summed E-state index contributed by atoms with van der Waals surface area (Å²) in [5, 5.41) is 9.90. The fourth-order valence-electron chi connectivity index (χ4n) is 1.82. The summed E-state index contributed by atoms with van der Waals surface area (Å²) in [5.74, 6) is -0.521. The highest BCUT2D eigenvalue weighted by Gasteiger charge is 2.20. The van der Waals surface area contributed by atoms with E-state index in [0.29, 0.717) is 21.2 Å². The van der Waals surface area contributed by atoms with E-state index in [-0.39, 0.29) is 6.42 Å². The van der Waals surface area contributed by atoms with Gasteiger partial charge in [0.05, 0.1) is 18.1 Å². The molecule has 21 heavy (non-hydrogen) atoms. The molecule has 5 heteroatoms. The van der Waals surface area contributed by atoms with Crippen molar-refractivity contribution in [2.45, 2.75) is 12.5 Å². The quantitative estimate of drug-likeness (QED) is 0.760. The summed E-state index contributed by atoms with van der Waals surface area (Å²) in [7, 11) is 0. The van der Waals surface area contributed by atoms with E-state index in [1.165, 1.54) is 0 Å². The molecule has 0 aliphatic heterocycles. The highest BCUT2D eigenvalue weighted by atomic mass is 35.5. The molecule has 0 radical (unpaired) electrons. The monoisotopic (exact) mass is 319 g/mol. The molecule has 1 atom stereocenters. The van der Waals surface area contributed by atoms with Crippen molar-refractivity contribution in [1.82, 2.24) is 0 Å². The van der Waals surface area contributed by atoms with Crippen LogP contribution in [-0.4, -0.2) is 5.97 Å². The molecule has 0 aromatic heterocycles. The molecule has 1 unspecified atom stereocenters. The molecular weight excluding hydrogens is 309 g/mol. The van der Waals surface area contributed by atoms with Gasteiger partial charge in [0, 0.05) is 15.6 Å². The number of carbonyl (C=O) groups excluding carboxylic acids is 1. The first-order valence-corrected chi connectivity index (χ1v) is 6.95. The first kappa shape index (κ1) is 15.4. The molecule has 2 rings (SSSR count). The van der Waals surface area contributed by atoms with Crippen LogP contribution in [0.5, 0.6) is 0 Å². The molecule has 2 aromatic carbocycles. The van der Waals surface area contributed by atoms with Crippen LogP contribution in [0.2, 0.25) is 10.0 Å². The number of hydrogen-bond donors (Lipinski definition) is 0. The van der Waals surface area contributed by atoms with Crippen molar-refractivity contribution < 1.29 is 9.53 Å². The summed E-state index contributed by atoms with van der Waals surface area (Å²) in [6.07, 6.45) is -0.671. The number of ether oxygens (including phenoxy) is 1. The van der Waals surface area contributed by atoms with Crippen LogP contribution in [0, 0.1) is 11.3 Å². The number of benzene rings is 2. The Labute approximate surface area is 132 Å². The molecule has 0 amide bonds. The standard InChI is InChI=1S/C16H11Cl2NO2/c17-12-7-5-11(6-8-12)16(20)21-15(9-10-19)13-3-1-2-4-14(13)18/h1-8,15H,9H2. The molecule has 106 valence electrons. The van der Waals surface area contributed by atoms with Crippen molar-refractivity contribution in [2.24, 2.45) is 0 Å². The minimum Gasteiger partial charge on any atom is -0.453 e. The lowest BCUT2D eigenvalue weighted by atomic mass is 10.1. The Balaban J connectivity index is 2.21. The lowest BCUT2D eigenvalue weighted by Crippen LogP contribution is -2.12. The first-order chi connectivity index (χ1) is 10.1. The van der Waals surface area contributed by atoms with E-state index < -0.39 is 12.1 Å². The Hall–Kier alpha value is -2.02. The van der Waals surface area contributed by atoms with Crippen molar-refractivity contribution in [1.29, 1.82) is 5.26 Å². The van der Waals surface area contributed by atoms with Gasteiger partial charge in [0.1, 0.15) is 6.10 Å². The van der Waals surface area contributed by atoms with Gasteiger partial charge in [0.2, 0.25) is 0 Å². The van der Waals surface area contributed by atoms with Gasteiger partial charge in [-0.05, 0) is 30.3 Å². The molecule has 0 heterocycles. The molecule has 0 saturated carbocycles. The zero-order valence-corrected chi connectivity index (χ0v) is 12.4. The van der Waals surface area contributed by atoms with E-state index in [0.717, 1.165) is 0 Å².